The van der Waals surface area contributed by atoms with Crippen molar-refractivity contribution in [2.75, 3.05) is 7.11 Å². The van der Waals surface area contributed by atoms with E-state index in [1.807, 2.05) is 48.5 Å². The number of nitrogens with zero attached hydrogens (tertiary/aromatic N) is 2. The van der Waals surface area contributed by atoms with Crippen LogP contribution < -0.4 is 36.6 Å². The van der Waals surface area contributed by atoms with Gasteiger partial charge in [0.15, 0.2) is 0 Å². The van der Waals surface area contributed by atoms with Crippen molar-refractivity contribution in [3.05, 3.63) is 254 Å². The topological polar surface area (TPSA) is 74.1 Å². The second kappa shape index (κ2) is 28.7. The first kappa shape index (κ1) is 48.9. The van der Waals surface area contributed by atoms with Gasteiger partial charge in [0.1, 0.15) is 5.75 Å². The van der Waals surface area contributed by atoms with Gasteiger partial charge in [-0.2, -0.15) is 5.10 Å². The molecule has 8 aromatic carbocycles. The molecular weight excluding hydrogens is 911 g/mol. The molecule has 0 aliphatic rings. The van der Waals surface area contributed by atoms with Crippen LogP contribution in [0.25, 0.3) is 0 Å². The minimum Gasteiger partial charge on any atom is -0.0622 e. The SMILES string of the molecule is COc1ccc(/C(O)=N/N=C/c2ccc(C)cc2)cc1.[C-]#[O+].[Cl][Ru].c1ccc(P(c2ccccc2)c2ccccc2)cc1.c1ccc(P(c2ccccc2)c2ccccc2)cc1. The van der Waals surface area contributed by atoms with Crippen molar-refractivity contribution >= 4 is 69.5 Å². The monoisotopic (exact) mass is 957 g/mol. The van der Waals surface area contributed by atoms with Gasteiger partial charge in [-0.05, 0) is 84.4 Å². The molecule has 0 saturated carbocycles. The molecular formula is C53H46ClN2O3P2Ru. The summed E-state index contributed by atoms with van der Waals surface area (Å²) in [4.78, 5) is 0. The Kier molecular flexibility index (Phi) is 22.6. The summed E-state index contributed by atoms with van der Waals surface area (Å²) in [5, 5.41) is 25.8. The summed E-state index contributed by atoms with van der Waals surface area (Å²) in [5.74, 6) is 0.598. The zero-order valence-corrected chi connectivity index (χ0v) is 38.6. The molecule has 0 radical (unpaired) electrons. The van der Waals surface area contributed by atoms with E-state index >= 15 is 0 Å². The van der Waals surface area contributed by atoms with E-state index in [9.17, 15) is 5.11 Å². The van der Waals surface area contributed by atoms with Crippen molar-refractivity contribution in [3.63, 3.8) is 0 Å². The van der Waals surface area contributed by atoms with Gasteiger partial charge in [0.05, 0.1) is 13.3 Å². The average molecular weight is 957 g/mol. The van der Waals surface area contributed by atoms with Crippen molar-refractivity contribution < 1.29 is 31.8 Å². The van der Waals surface area contributed by atoms with Crippen molar-refractivity contribution in [3.8, 4) is 5.75 Å². The van der Waals surface area contributed by atoms with E-state index in [1.165, 1.54) is 37.4 Å². The van der Waals surface area contributed by atoms with Crippen molar-refractivity contribution in [1.29, 1.82) is 0 Å². The number of rotatable bonds is 10. The predicted octanol–water partition coefficient (Wildman–Crippen LogP) is 10.9. The number of aryl methyl sites for hydroxylation is 1. The van der Waals surface area contributed by atoms with E-state index in [4.69, 9.17) is 9.39 Å². The molecule has 0 amide bonds. The van der Waals surface area contributed by atoms with E-state index < -0.39 is 15.8 Å². The van der Waals surface area contributed by atoms with E-state index in [2.05, 4.69) is 209 Å². The normalized spacial score (nSPS) is 10.4. The second-order valence-electron chi connectivity index (χ2n) is 13.0. The molecule has 1 N–H and O–H groups in total. The molecule has 8 rings (SSSR count). The van der Waals surface area contributed by atoms with E-state index in [-0.39, 0.29) is 5.90 Å². The fraction of sp³-hybridized carbons (Fsp3) is 0.0377. The third-order valence-corrected chi connectivity index (χ3v) is 13.8. The molecule has 0 fully saturated rings. The Bertz CT molecular complexity index is 2180. The zero-order valence-electron chi connectivity index (χ0n) is 34.3. The summed E-state index contributed by atoms with van der Waals surface area (Å²) in [6, 6.07) is 79.5. The number of aliphatic hydroxyl groups is 1. The standard InChI is InChI=1S/2C18H15P.C16H16N2O2.CO.ClH.Ru/c2*1-4-10-16(11-5-1)19(17-12-6-2-7-13-17)18-14-8-3-9-15-18;1-12-3-5-13(6-4-12)11-17-18-16(19)14-7-9-15(20-2)10-8-14;1-2;;/h2*1-15H;3-11H,1-2H3,(H,18,19);;1H;/q;;;;;+1/p-1/b;;17-11+;;;. The summed E-state index contributed by atoms with van der Waals surface area (Å²) in [6.45, 7) is 6.52. The molecule has 0 aliphatic heterocycles. The number of ether oxygens (including phenoxy) is 1. The minimum absolute atomic E-state index is 0.129. The van der Waals surface area contributed by atoms with Crippen molar-refractivity contribution in [2.24, 2.45) is 10.2 Å². The molecule has 0 bridgehead atoms. The number of benzene rings is 8. The third kappa shape index (κ3) is 15.9. The number of halogens is 1. The van der Waals surface area contributed by atoms with E-state index in [1.54, 1.807) is 37.6 Å². The van der Waals surface area contributed by atoms with E-state index in [0.717, 1.165) is 11.3 Å². The minimum atomic E-state index is -0.446. The van der Waals surface area contributed by atoms with Crippen LogP contribution in [0.2, 0.25) is 0 Å². The number of aliphatic hydroxyl groups excluding tert-OH is 1. The quantitative estimate of drug-likeness (QED) is 0.0282. The molecule has 9 heteroatoms. The van der Waals surface area contributed by atoms with Gasteiger partial charge in [-0.1, -0.05) is 212 Å². The molecule has 311 valence electrons. The van der Waals surface area contributed by atoms with Gasteiger partial charge in [-0.15, -0.1) is 5.10 Å². The summed E-state index contributed by atoms with van der Waals surface area (Å²) in [6.07, 6.45) is 1.60. The molecule has 62 heavy (non-hydrogen) atoms. The summed E-state index contributed by atoms with van der Waals surface area (Å²) in [7, 11) is 5.27. The second-order valence-corrected chi connectivity index (χ2v) is 17.4. The first-order valence-corrected chi connectivity index (χ1v) is 24.3. The maximum atomic E-state index is 9.80. The van der Waals surface area contributed by atoms with Crippen LogP contribution in [0.15, 0.2) is 241 Å². The Labute approximate surface area is 382 Å². The van der Waals surface area contributed by atoms with Crippen molar-refractivity contribution in [2.45, 2.75) is 6.92 Å². The Morgan fingerprint density at radius 2 is 0.790 bits per heavy atom. The van der Waals surface area contributed by atoms with Gasteiger partial charge in [0.25, 0.3) is 0 Å². The molecule has 5 nitrogen and oxygen atoms in total. The van der Waals surface area contributed by atoms with Crippen LogP contribution in [0, 0.1) is 13.6 Å². The average Bonchev–Trinajstić information content (AvgIpc) is 3.36. The molecule has 8 aromatic rings. The molecule has 0 unspecified atom stereocenters. The van der Waals surface area contributed by atoms with Crippen LogP contribution in [-0.2, 0) is 22.0 Å². The smallest absolute Gasteiger partial charge is 0.0134 e. The van der Waals surface area contributed by atoms with Crippen LogP contribution in [0.3, 0.4) is 0 Å². The van der Waals surface area contributed by atoms with Gasteiger partial charge >= 0.3 is 38.3 Å². The Hall–Kier alpha value is -5.79. The number of hydrogen-bond donors (Lipinski definition) is 1. The fourth-order valence-corrected chi connectivity index (χ4v) is 10.6. The molecule has 0 spiro atoms. The first-order valence-electron chi connectivity index (χ1n) is 19.3. The fourth-order valence-electron chi connectivity index (χ4n) is 5.96. The largest absolute Gasteiger partial charge is 0.0622 e. The molecule has 0 atom stereocenters. The van der Waals surface area contributed by atoms with Gasteiger partial charge in [0.2, 0.25) is 5.90 Å². The van der Waals surface area contributed by atoms with Crippen LogP contribution >= 0.6 is 25.5 Å². The van der Waals surface area contributed by atoms with Gasteiger partial charge in [0, 0.05) is 5.56 Å². The summed E-state index contributed by atoms with van der Waals surface area (Å²) >= 11 is 1.82. The Morgan fingerprint density at radius 1 is 0.500 bits per heavy atom. The number of methoxy groups -OCH3 is 1. The molecule has 0 saturated heterocycles. The Morgan fingerprint density at radius 3 is 1.06 bits per heavy atom. The molecule has 0 heterocycles. The van der Waals surface area contributed by atoms with Gasteiger partial charge < -0.3 is 9.84 Å². The summed E-state index contributed by atoms with van der Waals surface area (Å²) in [5.41, 5.74) is 2.71. The molecule has 0 aliphatic carbocycles. The maximum absolute atomic E-state index is 9.80. The van der Waals surface area contributed by atoms with Crippen LogP contribution in [0.5, 0.6) is 5.75 Å². The van der Waals surface area contributed by atoms with Gasteiger partial charge in [-0.3, -0.25) is 0 Å². The first-order chi connectivity index (χ1) is 30.6. The van der Waals surface area contributed by atoms with Gasteiger partial charge in [-0.25, -0.2) is 0 Å². The Balaban J connectivity index is 0.000000196. The van der Waals surface area contributed by atoms with Crippen LogP contribution in [-0.4, -0.2) is 24.3 Å². The van der Waals surface area contributed by atoms with E-state index in [0.29, 0.717) is 5.56 Å². The summed E-state index contributed by atoms with van der Waals surface area (Å²) < 4.78 is 12.5. The predicted molar refractivity (Wildman–Crippen MR) is 261 cm³/mol. The van der Waals surface area contributed by atoms with Crippen LogP contribution in [0.1, 0.15) is 16.7 Å². The third-order valence-electron chi connectivity index (χ3n) is 8.87. The number of hydrogen-bond acceptors (Lipinski definition) is 3. The zero-order chi connectivity index (χ0) is 44.2. The van der Waals surface area contributed by atoms with Crippen LogP contribution in [0.4, 0.5) is 0 Å². The van der Waals surface area contributed by atoms with Crippen molar-refractivity contribution in [1.82, 2.24) is 0 Å². The molecule has 0 aromatic heterocycles. The maximum Gasteiger partial charge on any atom is -0.0134 e.